The van der Waals surface area contributed by atoms with Crippen molar-refractivity contribution < 1.29 is 10.0 Å². The second-order valence-corrected chi connectivity index (χ2v) is 3.74. The molecule has 0 aliphatic carbocycles. The summed E-state index contributed by atoms with van der Waals surface area (Å²) in [6.45, 7) is 3.67. The monoisotopic (exact) mass is 227 g/mol. The van der Waals surface area contributed by atoms with Gasteiger partial charge in [0.2, 0.25) is 0 Å². The van der Waals surface area contributed by atoms with E-state index in [1.807, 2.05) is 13.8 Å². The highest BCUT2D eigenvalue weighted by atomic mass is 16.6. The van der Waals surface area contributed by atoms with E-state index in [1.54, 1.807) is 7.05 Å². The predicted octanol–water partition coefficient (Wildman–Crippen LogP) is 1.20. The van der Waals surface area contributed by atoms with Gasteiger partial charge in [-0.1, -0.05) is 13.8 Å². The van der Waals surface area contributed by atoms with Crippen LogP contribution in [0.4, 0.5) is 5.69 Å². The van der Waals surface area contributed by atoms with Gasteiger partial charge in [0, 0.05) is 13.5 Å². The highest BCUT2D eigenvalue weighted by Crippen LogP contribution is 2.25. The molecule has 16 heavy (non-hydrogen) atoms. The third kappa shape index (κ3) is 2.38. The molecule has 0 spiro atoms. The van der Waals surface area contributed by atoms with Crippen LogP contribution in [0, 0.1) is 10.1 Å². The lowest BCUT2D eigenvalue weighted by molar-refractivity contribution is -0.386. The first kappa shape index (κ1) is 12.6. The first-order valence-electron chi connectivity index (χ1n) is 5.38. The number of rotatable bonds is 5. The van der Waals surface area contributed by atoms with Gasteiger partial charge in [0.1, 0.15) is 11.4 Å². The second kappa shape index (κ2) is 5.07. The van der Waals surface area contributed by atoms with Crippen molar-refractivity contribution >= 4 is 5.69 Å². The van der Waals surface area contributed by atoms with E-state index in [-0.39, 0.29) is 12.1 Å². The van der Waals surface area contributed by atoms with Crippen LogP contribution in [0.1, 0.15) is 31.7 Å². The Labute approximate surface area is 94.0 Å². The van der Waals surface area contributed by atoms with E-state index < -0.39 is 11.0 Å². The highest BCUT2D eigenvalue weighted by molar-refractivity contribution is 5.41. The van der Waals surface area contributed by atoms with Gasteiger partial charge in [-0.2, -0.15) is 5.10 Å². The molecule has 1 N–H and O–H groups in total. The van der Waals surface area contributed by atoms with Crippen LogP contribution in [0.25, 0.3) is 0 Å². The summed E-state index contributed by atoms with van der Waals surface area (Å²) in [6.07, 6.45) is 0.811. The van der Waals surface area contributed by atoms with Crippen LogP contribution in [-0.4, -0.2) is 25.9 Å². The quantitative estimate of drug-likeness (QED) is 0.605. The molecule has 0 aliphatic rings. The van der Waals surface area contributed by atoms with Crippen LogP contribution >= 0.6 is 0 Å². The largest absolute Gasteiger partial charge is 0.393 e. The van der Waals surface area contributed by atoms with Gasteiger partial charge in [0.25, 0.3) is 0 Å². The third-order valence-corrected chi connectivity index (χ3v) is 2.63. The van der Waals surface area contributed by atoms with Crippen molar-refractivity contribution in [1.82, 2.24) is 9.78 Å². The first-order valence-corrected chi connectivity index (χ1v) is 5.38. The maximum Gasteiger partial charge on any atom is 0.313 e. The fourth-order valence-electron chi connectivity index (χ4n) is 1.65. The Balaban J connectivity index is 3.15. The molecule has 1 aromatic rings. The van der Waals surface area contributed by atoms with Crippen LogP contribution in [0.15, 0.2) is 0 Å². The number of aromatic nitrogens is 2. The minimum atomic E-state index is -0.557. The van der Waals surface area contributed by atoms with Crippen LogP contribution in [-0.2, 0) is 19.9 Å². The van der Waals surface area contributed by atoms with E-state index in [0.717, 1.165) is 0 Å². The zero-order chi connectivity index (χ0) is 12.3. The molecule has 0 fully saturated rings. The fraction of sp³-hybridized carbons (Fsp3) is 0.700. The highest BCUT2D eigenvalue weighted by Gasteiger charge is 2.26. The van der Waals surface area contributed by atoms with Crippen molar-refractivity contribution in [2.24, 2.45) is 7.05 Å². The molecule has 0 bridgehead atoms. The summed E-state index contributed by atoms with van der Waals surface area (Å²) < 4.78 is 1.50. The summed E-state index contributed by atoms with van der Waals surface area (Å²) in [5.41, 5.74) is 1.03. The Bertz CT molecular complexity index is 387. The number of hydrogen-bond acceptors (Lipinski definition) is 4. The lowest BCUT2D eigenvalue weighted by atomic mass is 10.1. The molecule has 6 heteroatoms. The number of aliphatic hydroxyl groups excluding tert-OH is 1. The van der Waals surface area contributed by atoms with Crippen LogP contribution in [0.5, 0.6) is 0 Å². The first-order chi connectivity index (χ1) is 7.51. The number of aliphatic hydroxyl groups is 1. The number of hydrogen-bond donors (Lipinski definition) is 1. The molecule has 1 unspecified atom stereocenters. The van der Waals surface area contributed by atoms with Crippen LogP contribution in [0.3, 0.4) is 0 Å². The summed E-state index contributed by atoms with van der Waals surface area (Å²) >= 11 is 0. The molecule has 1 aromatic heterocycles. The second-order valence-electron chi connectivity index (χ2n) is 3.74. The fourth-order valence-corrected chi connectivity index (χ4v) is 1.65. The van der Waals surface area contributed by atoms with Gasteiger partial charge in [-0.15, -0.1) is 0 Å². The standard InChI is InChI=1S/C10H17N3O3/c1-4-7(14)6-9-10(13(15)16)8(5-2)11-12(9)3/h7,14H,4-6H2,1-3H3. The third-order valence-electron chi connectivity index (χ3n) is 2.63. The van der Waals surface area contributed by atoms with Crippen molar-refractivity contribution in [2.75, 3.05) is 0 Å². The Morgan fingerprint density at radius 3 is 2.62 bits per heavy atom. The molecule has 0 saturated heterocycles. The molecular weight excluding hydrogens is 210 g/mol. The van der Waals surface area contributed by atoms with E-state index in [4.69, 9.17) is 0 Å². The molecule has 0 radical (unpaired) electrons. The van der Waals surface area contributed by atoms with E-state index in [1.165, 1.54) is 4.68 Å². The van der Waals surface area contributed by atoms with Gasteiger partial charge in [-0.05, 0) is 12.8 Å². The van der Waals surface area contributed by atoms with Crippen LogP contribution in [0.2, 0.25) is 0 Å². The maximum atomic E-state index is 11.0. The van der Waals surface area contributed by atoms with Gasteiger partial charge in [0.05, 0.1) is 11.0 Å². The molecule has 90 valence electrons. The van der Waals surface area contributed by atoms with Gasteiger partial charge >= 0.3 is 5.69 Å². The number of nitro groups is 1. The SMILES string of the molecule is CCc1nn(C)c(CC(O)CC)c1[N+](=O)[O-]. The summed E-state index contributed by atoms with van der Waals surface area (Å²) in [4.78, 5) is 10.5. The minimum Gasteiger partial charge on any atom is -0.393 e. The smallest absolute Gasteiger partial charge is 0.313 e. The molecule has 0 amide bonds. The molecule has 6 nitrogen and oxygen atoms in total. The van der Waals surface area contributed by atoms with Crippen molar-refractivity contribution in [3.63, 3.8) is 0 Å². The lowest BCUT2D eigenvalue weighted by Gasteiger charge is -2.06. The summed E-state index contributed by atoms with van der Waals surface area (Å²) in [5, 5.41) is 24.6. The van der Waals surface area contributed by atoms with Crippen molar-refractivity contribution in [2.45, 2.75) is 39.2 Å². The van der Waals surface area contributed by atoms with Crippen LogP contribution < -0.4 is 0 Å². The predicted molar refractivity (Wildman–Crippen MR) is 59.2 cm³/mol. The molecule has 1 rings (SSSR count). The topological polar surface area (TPSA) is 81.2 Å². The summed E-state index contributed by atoms with van der Waals surface area (Å²) in [7, 11) is 1.67. The molecule has 1 atom stereocenters. The van der Waals surface area contributed by atoms with Gasteiger partial charge in [-0.3, -0.25) is 14.8 Å². The average molecular weight is 227 g/mol. The van der Waals surface area contributed by atoms with E-state index in [2.05, 4.69) is 5.10 Å². The number of nitrogens with zero attached hydrogens (tertiary/aromatic N) is 3. The minimum absolute atomic E-state index is 0.0532. The van der Waals surface area contributed by atoms with E-state index >= 15 is 0 Å². The number of aryl methyl sites for hydroxylation is 2. The molecule has 1 heterocycles. The van der Waals surface area contributed by atoms with Gasteiger partial charge in [-0.25, -0.2) is 0 Å². The summed E-state index contributed by atoms with van der Waals surface area (Å²) in [5.74, 6) is 0. The zero-order valence-corrected chi connectivity index (χ0v) is 9.80. The molecular formula is C10H17N3O3. The van der Waals surface area contributed by atoms with Crippen molar-refractivity contribution in [3.8, 4) is 0 Å². The molecule has 0 aliphatic heterocycles. The average Bonchev–Trinajstić information content (AvgIpc) is 2.55. The Kier molecular flexibility index (Phi) is 4.00. The van der Waals surface area contributed by atoms with Crippen molar-refractivity contribution in [1.29, 1.82) is 0 Å². The van der Waals surface area contributed by atoms with Gasteiger partial charge in [0.15, 0.2) is 0 Å². The van der Waals surface area contributed by atoms with Crippen molar-refractivity contribution in [3.05, 3.63) is 21.5 Å². The molecule has 0 aromatic carbocycles. The summed E-state index contributed by atoms with van der Waals surface area (Å²) in [6, 6.07) is 0. The maximum absolute atomic E-state index is 11.0. The van der Waals surface area contributed by atoms with Gasteiger partial charge < -0.3 is 5.11 Å². The van der Waals surface area contributed by atoms with E-state index in [9.17, 15) is 15.2 Å². The van der Waals surface area contributed by atoms with E-state index in [0.29, 0.717) is 24.2 Å². The Morgan fingerprint density at radius 1 is 1.56 bits per heavy atom. The Morgan fingerprint density at radius 2 is 2.19 bits per heavy atom. The normalized spacial score (nSPS) is 12.8. The lowest BCUT2D eigenvalue weighted by Crippen LogP contribution is -2.13. The Hall–Kier alpha value is -1.43. The molecule has 0 saturated carbocycles. The zero-order valence-electron chi connectivity index (χ0n) is 9.80.